The molecule has 0 spiro atoms. The van der Waals surface area contributed by atoms with Gasteiger partial charge in [0.15, 0.2) is 5.65 Å². The normalized spacial score (nSPS) is 14.9. The van der Waals surface area contributed by atoms with Crippen molar-refractivity contribution in [3.63, 3.8) is 0 Å². The van der Waals surface area contributed by atoms with Crippen LogP contribution >= 0.6 is 11.6 Å². The van der Waals surface area contributed by atoms with Crippen LogP contribution in [0.4, 0.5) is 11.9 Å². The summed E-state index contributed by atoms with van der Waals surface area (Å²) in [5, 5.41) is 11.7. The number of aromatic nitrogens is 6. The molecule has 178 valence electrons. The quantitative estimate of drug-likeness (QED) is 0.287. The summed E-state index contributed by atoms with van der Waals surface area (Å²) in [4.78, 5) is 16.9. The molecule has 1 aliphatic rings. The highest BCUT2D eigenvalue weighted by Gasteiger charge is 2.15. The van der Waals surface area contributed by atoms with Crippen molar-refractivity contribution in [3.05, 3.63) is 53.3 Å². The smallest absolute Gasteiger partial charge is 0.223 e. The van der Waals surface area contributed by atoms with Gasteiger partial charge in [0.1, 0.15) is 0 Å². The molecule has 11 heteroatoms. The fourth-order valence-corrected chi connectivity index (χ4v) is 4.07. The van der Waals surface area contributed by atoms with E-state index in [1.165, 1.54) is 32.1 Å². The van der Waals surface area contributed by atoms with Crippen LogP contribution in [0.3, 0.4) is 0 Å². The van der Waals surface area contributed by atoms with Gasteiger partial charge in [-0.1, -0.05) is 43.0 Å². The minimum Gasteiger partial charge on any atom is -0.368 e. The van der Waals surface area contributed by atoms with Crippen molar-refractivity contribution in [3.8, 4) is 11.4 Å². The third-order valence-corrected chi connectivity index (χ3v) is 5.92. The number of nitrogens with one attached hydrogen (secondary N) is 2. The predicted molar refractivity (Wildman–Crippen MR) is 135 cm³/mol. The van der Waals surface area contributed by atoms with Crippen LogP contribution in [0, 0.1) is 0 Å². The summed E-state index contributed by atoms with van der Waals surface area (Å²) in [5.41, 5.74) is 19.9. The highest BCUT2D eigenvalue weighted by Crippen LogP contribution is 2.25. The number of anilines is 2. The van der Waals surface area contributed by atoms with Gasteiger partial charge >= 0.3 is 0 Å². The minimum absolute atomic E-state index is 0.165. The Morgan fingerprint density at radius 2 is 1.94 bits per heavy atom. The average molecular weight is 481 g/mol. The first-order valence-corrected chi connectivity index (χ1v) is 11.7. The first-order valence-electron chi connectivity index (χ1n) is 11.3. The Kier molecular flexibility index (Phi) is 7.84. The lowest BCUT2D eigenvalue weighted by molar-refractivity contribution is 0.441. The number of rotatable bonds is 5. The molecule has 34 heavy (non-hydrogen) atoms. The van der Waals surface area contributed by atoms with Gasteiger partial charge < -0.3 is 22.5 Å². The summed E-state index contributed by atoms with van der Waals surface area (Å²) >= 11 is 6.08. The van der Waals surface area contributed by atoms with Crippen LogP contribution in [0.15, 0.2) is 42.7 Å². The highest BCUT2D eigenvalue weighted by atomic mass is 35.5. The van der Waals surface area contributed by atoms with Gasteiger partial charge in [-0.25, -0.2) is 15.0 Å². The molecule has 10 nitrogen and oxygen atoms in total. The lowest BCUT2D eigenvalue weighted by Gasteiger charge is -2.17. The van der Waals surface area contributed by atoms with Gasteiger partial charge in [0.25, 0.3) is 0 Å². The summed E-state index contributed by atoms with van der Waals surface area (Å²) in [7, 11) is 0. The summed E-state index contributed by atoms with van der Waals surface area (Å²) < 4.78 is 0. The lowest BCUT2D eigenvalue weighted by atomic mass is 9.97. The minimum atomic E-state index is -0.180. The zero-order valence-corrected chi connectivity index (χ0v) is 19.5. The SMILES string of the molecule is NC1CCCCC1.NCC(Nc1nccc(-c2[nH]nc3nc(N)ncc23)n1)c1cccc(Cl)c1. The Labute approximate surface area is 202 Å². The van der Waals surface area contributed by atoms with Crippen molar-refractivity contribution >= 4 is 34.5 Å². The summed E-state index contributed by atoms with van der Waals surface area (Å²) in [6, 6.07) is 9.63. The number of benzene rings is 1. The fourth-order valence-electron chi connectivity index (χ4n) is 3.87. The zero-order valence-electron chi connectivity index (χ0n) is 18.8. The standard InChI is InChI=1S/C17H16ClN9.C6H13N/c18-10-3-1-2-9(6-10)13(7-19)24-17-21-5-4-12(23-17)14-11-8-22-16(20)25-15(11)27-26-14;7-6-4-2-1-3-5-6/h1-6,8,13H,7,19H2,(H,21,23,24)(H3,20,22,25,26,27);6H,1-5,7H2. The van der Waals surface area contributed by atoms with E-state index < -0.39 is 0 Å². The lowest BCUT2D eigenvalue weighted by Crippen LogP contribution is -2.22. The number of nitrogen functional groups attached to an aromatic ring is 1. The van der Waals surface area contributed by atoms with E-state index in [1.54, 1.807) is 18.5 Å². The number of hydrogen-bond acceptors (Lipinski definition) is 9. The van der Waals surface area contributed by atoms with Crippen LogP contribution < -0.4 is 22.5 Å². The van der Waals surface area contributed by atoms with Gasteiger partial charge in [0.05, 0.1) is 22.8 Å². The molecule has 0 amide bonds. The van der Waals surface area contributed by atoms with Crippen molar-refractivity contribution in [2.45, 2.75) is 44.2 Å². The Hall–Kier alpha value is -3.34. The molecule has 0 bridgehead atoms. The van der Waals surface area contributed by atoms with Crippen molar-refractivity contribution in [2.75, 3.05) is 17.6 Å². The molecular formula is C23H29ClN10. The highest BCUT2D eigenvalue weighted by molar-refractivity contribution is 6.30. The second kappa shape index (κ2) is 11.2. The van der Waals surface area contributed by atoms with Crippen LogP contribution in [-0.2, 0) is 0 Å². The number of hydrogen-bond donors (Lipinski definition) is 5. The third-order valence-electron chi connectivity index (χ3n) is 5.68. The van der Waals surface area contributed by atoms with E-state index in [0.717, 1.165) is 10.9 Å². The molecular weight excluding hydrogens is 452 g/mol. The van der Waals surface area contributed by atoms with Crippen molar-refractivity contribution < 1.29 is 0 Å². The molecule has 8 N–H and O–H groups in total. The summed E-state index contributed by atoms with van der Waals surface area (Å²) in [5.74, 6) is 0.597. The molecule has 0 saturated heterocycles. The van der Waals surface area contributed by atoms with Gasteiger partial charge in [-0.15, -0.1) is 0 Å². The van der Waals surface area contributed by atoms with E-state index in [1.807, 2.05) is 24.3 Å². The van der Waals surface area contributed by atoms with Crippen LogP contribution in [0.25, 0.3) is 22.4 Å². The van der Waals surface area contributed by atoms with Crippen LogP contribution in [0.1, 0.15) is 43.7 Å². The molecule has 3 heterocycles. The number of nitrogens with zero attached hydrogens (tertiary/aromatic N) is 5. The molecule has 1 unspecified atom stereocenters. The molecule has 1 aliphatic carbocycles. The van der Waals surface area contributed by atoms with E-state index in [-0.39, 0.29) is 12.0 Å². The van der Waals surface area contributed by atoms with Gasteiger partial charge in [-0.05, 0) is 36.6 Å². The average Bonchev–Trinajstić information content (AvgIpc) is 3.27. The van der Waals surface area contributed by atoms with Crippen molar-refractivity contribution in [2.24, 2.45) is 11.5 Å². The van der Waals surface area contributed by atoms with E-state index in [2.05, 4.69) is 35.5 Å². The van der Waals surface area contributed by atoms with Gasteiger partial charge in [-0.2, -0.15) is 10.1 Å². The molecule has 1 saturated carbocycles. The van der Waals surface area contributed by atoms with Gasteiger partial charge in [-0.3, -0.25) is 5.10 Å². The molecule has 1 fully saturated rings. The number of H-pyrrole nitrogens is 1. The first-order chi connectivity index (χ1) is 16.5. The molecule has 1 aromatic carbocycles. The maximum absolute atomic E-state index is 6.08. The Balaban J connectivity index is 0.000000336. The second-order valence-electron chi connectivity index (χ2n) is 8.22. The Morgan fingerprint density at radius 3 is 2.65 bits per heavy atom. The molecule has 3 aromatic heterocycles. The van der Waals surface area contributed by atoms with E-state index in [4.69, 9.17) is 28.8 Å². The number of fused-ring (bicyclic) bond motifs is 1. The Morgan fingerprint density at radius 1 is 1.12 bits per heavy atom. The van der Waals surface area contributed by atoms with E-state index in [0.29, 0.717) is 40.6 Å². The van der Waals surface area contributed by atoms with Crippen LogP contribution in [0.2, 0.25) is 5.02 Å². The largest absolute Gasteiger partial charge is 0.368 e. The molecule has 5 rings (SSSR count). The van der Waals surface area contributed by atoms with Crippen LogP contribution in [-0.4, -0.2) is 42.7 Å². The summed E-state index contributed by atoms with van der Waals surface area (Å²) in [6.07, 6.45) is 9.93. The Bertz CT molecular complexity index is 1220. The number of nitrogens with two attached hydrogens (primary N) is 3. The monoisotopic (exact) mass is 480 g/mol. The van der Waals surface area contributed by atoms with Crippen molar-refractivity contribution in [1.29, 1.82) is 0 Å². The molecule has 0 aliphatic heterocycles. The van der Waals surface area contributed by atoms with Crippen LogP contribution in [0.5, 0.6) is 0 Å². The van der Waals surface area contributed by atoms with Crippen molar-refractivity contribution in [1.82, 2.24) is 30.1 Å². The predicted octanol–water partition coefficient (Wildman–Crippen LogP) is 3.44. The maximum atomic E-state index is 6.08. The molecule has 0 radical (unpaired) electrons. The number of aromatic amines is 1. The van der Waals surface area contributed by atoms with Gasteiger partial charge in [0, 0.05) is 30.0 Å². The number of halogens is 1. The van der Waals surface area contributed by atoms with Gasteiger partial charge in [0.2, 0.25) is 11.9 Å². The molecule has 4 aromatic rings. The second-order valence-corrected chi connectivity index (χ2v) is 8.65. The zero-order chi connectivity index (χ0) is 23.9. The van der Waals surface area contributed by atoms with E-state index in [9.17, 15) is 0 Å². The first kappa shape index (κ1) is 23.8. The fraction of sp³-hybridized carbons (Fsp3) is 0.348. The maximum Gasteiger partial charge on any atom is 0.223 e. The third kappa shape index (κ3) is 5.96. The summed E-state index contributed by atoms with van der Waals surface area (Å²) in [6.45, 7) is 0.355. The van der Waals surface area contributed by atoms with E-state index >= 15 is 0 Å². The molecule has 1 atom stereocenters. The topological polar surface area (TPSA) is 170 Å².